The van der Waals surface area contributed by atoms with Crippen molar-refractivity contribution in [1.29, 1.82) is 0 Å². The van der Waals surface area contributed by atoms with E-state index < -0.39 is 0 Å². The SMILES string of the molecule is COc1ccc(OCCOCCO)c(C(=O)c2ccc(C(=O)N[C@@H]3CNC[C@@H]3NC(=O)c3ccc4cn[nH]c4c3)cc2)c1OC. The second-order valence-electron chi connectivity index (χ2n) is 10.3. The molecule has 2 atom stereocenters. The fourth-order valence-corrected chi connectivity index (χ4v) is 5.10. The number of ketones is 1. The number of aromatic nitrogens is 2. The number of aromatic amines is 1. The van der Waals surface area contributed by atoms with Crippen LogP contribution in [-0.4, -0.2) is 98.7 Å². The van der Waals surface area contributed by atoms with Gasteiger partial charge in [-0.3, -0.25) is 19.5 Å². The van der Waals surface area contributed by atoms with E-state index >= 15 is 0 Å². The van der Waals surface area contributed by atoms with E-state index in [-0.39, 0.29) is 73.2 Å². The number of fused-ring (bicyclic) bond motifs is 1. The molecule has 0 saturated carbocycles. The molecular formula is C32H35N5O8. The normalized spacial score (nSPS) is 15.9. The standard InChI is InChI=1S/C32H35N5O8/c1-42-27-10-9-26(45-14-13-44-12-11-38)28(30(27)43-2)29(39)19-3-5-20(6-4-19)31(40)35-24-17-33-18-25(24)36-32(41)21-7-8-22-16-34-37-23(22)15-21/h3-10,15-16,24-25,33,38H,11-14,17-18H2,1-2H3,(H,34,37)(H,35,40)(H,36,41)/t24-,25+/m1/s1. The summed E-state index contributed by atoms with van der Waals surface area (Å²) in [5.41, 5.74) is 2.07. The number of aliphatic hydroxyl groups is 1. The van der Waals surface area contributed by atoms with Crippen molar-refractivity contribution in [3.63, 3.8) is 0 Å². The Balaban J connectivity index is 1.25. The summed E-state index contributed by atoms with van der Waals surface area (Å²) in [7, 11) is 2.90. The summed E-state index contributed by atoms with van der Waals surface area (Å²) >= 11 is 0. The number of hydrogen-bond donors (Lipinski definition) is 5. The van der Waals surface area contributed by atoms with Crippen molar-refractivity contribution in [3.8, 4) is 17.2 Å². The lowest BCUT2D eigenvalue weighted by molar-refractivity contribution is 0.0700. The van der Waals surface area contributed by atoms with E-state index in [0.717, 1.165) is 10.9 Å². The minimum absolute atomic E-state index is 0.104. The zero-order valence-corrected chi connectivity index (χ0v) is 24.9. The minimum Gasteiger partial charge on any atom is -0.493 e. The number of benzene rings is 3. The Hall–Kier alpha value is -4.98. The fourth-order valence-electron chi connectivity index (χ4n) is 5.10. The summed E-state index contributed by atoms with van der Waals surface area (Å²) in [6, 6.07) is 14.1. The number of rotatable bonds is 14. The number of nitrogens with one attached hydrogen (secondary N) is 4. The Kier molecular flexibility index (Phi) is 10.2. The molecule has 45 heavy (non-hydrogen) atoms. The predicted octanol–water partition coefficient (Wildman–Crippen LogP) is 1.70. The molecule has 0 radical (unpaired) electrons. The number of carbonyl (C=O) groups is 3. The van der Waals surface area contributed by atoms with Gasteiger partial charge in [0.1, 0.15) is 17.9 Å². The minimum atomic E-state index is -0.389. The zero-order valence-electron chi connectivity index (χ0n) is 24.9. The van der Waals surface area contributed by atoms with Crippen LogP contribution in [0.1, 0.15) is 36.6 Å². The van der Waals surface area contributed by atoms with Crippen LogP contribution in [0.25, 0.3) is 10.9 Å². The van der Waals surface area contributed by atoms with Crippen LogP contribution in [0.3, 0.4) is 0 Å². The topological polar surface area (TPSA) is 173 Å². The van der Waals surface area contributed by atoms with Gasteiger partial charge in [-0.1, -0.05) is 18.2 Å². The molecule has 1 aliphatic heterocycles. The van der Waals surface area contributed by atoms with Crippen LogP contribution >= 0.6 is 0 Å². The van der Waals surface area contributed by atoms with Crippen molar-refractivity contribution in [3.05, 3.63) is 83.0 Å². The van der Waals surface area contributed by atoms with Crippen molar-refractivity contribution < 1.29 is 38.4 Å². The number of ether oxygens (including phenoxy) is 4. The first-order valence-electron chi connectivity index (χ1n) is 14.4. The molecule has 1 aliphatic rings. The maximum Gasteiger partial charge on any atom is 0.251 e. The summed E-state index contributed by atoms with van der Waals surface area (Å²) < 4.78 is 22.0. The monoisotopic (exact) mass is 617 g/mol. The summed E-state index contributed by atoms with van der Waals surface area (Å²) in [5, 5.41) is 25.8. The van der Waals surface area contributed by atoms with Crippen molar-refractivity contribution >= 4 is 28.5 Å². The van der Waals surface area contributed by atoms with Crippen molar-refractivity contribution in [2.24, 2.45) is 0 Å². The van der Waals surface area contributed by atoms with E-state index in [1.807, 2.05) is 6.07 Å². The van der Waals surface area contributed by atoms with Crippen molar-refractivity contribution in [2.45, 2.75) is 12.1 Å². The number of methoxy groups -OCH3 is 2. The number of H-pyrrole nitrogens is 1. The first kappa shape index (κ1) is 31.4. The van der Waals surface area contributed by atoms with Gasteiger partial charge in [-0.25, -0.2) is 0 Å². The molecule has 13 heteroatoms. The molecule has 0 unspecified atom stereocenters. The predicted molar refractivity (Wildman–Crippen MR) is 164 cm³/mol. The molecule has 2 heterocycles. The van der Waals surface area contributed by atoms with Gasteiger partial charge in [0.2, 0.25) is 5.78 Å². The Morgan fingerprint density at radius 3 is 2.20 bits per heavy atom. The molecule has 0 aliphatic carbocycles. The first-order valence-corrected chi connectivity index (χ1v) is 14.4. The van der Waals surface area contributed by atoms with E-state index in [4.69, 9.17) is 24.1 Å². The van der Waals surface area contributed by atoms with Crippen LogP contribution < -0.4 is 30.2 Å². The third kappa shape index (κ3) is 7.23. The van der Waals surface area contributed by atoms with Gasteiger partial charge in [0.05, 0.1) is 57.8 Å². The number of carbonyl (C=O) groups excluding carboxylic acids is 3. The van der Waals surface area contributed by atoms with Gasteiger partial charge in [0.25, 0.3) is 11.8 Å². The molecule has 13 nitrogen and oxygen atoms in total. The molecule has 1 fully saturated rings. The Labute approximate surface area is 259 Å². The molecule has 5 rings (SSSR count). The van der Waals surface area contributed by atoms with Crippen molar-refractivity contribution in [2.75, 3.05) is 53.7 Å². The number of amides is 2. The summed E-state index contributed by atoms with van der Waals surface area (Å²) in [4.78, 5) is 39.8. The molecule has 0 bridgehead atoms. The molecular weight excluding hydrogens is 582 g/mol. The quantitative estimate of drug-likeness (QED) is 0.104. The van der Waals surface area contributed by atoms with Gasteiger partial charge in [-0.05, 0) is 36.4 Å². The molecule has 1 aromatic heterocycles. The molecule has 4 aromatic rings. The third-order valence-electron chi connectivity index (χ3n) is 7.42. The zero-order chi connectivity index (χ0) is 31.8. The van der Waals surface area contributed by atoms with Crippen LogP contribution in [0.4, 0.5) is 0 Å². The Morgan fingerprint density at radius 2 is 1.51 bits per heavy atom. The van der Waals surface area contributed by atoms with Crippen LogP contribution in [-0.2, 0) is 4.74 Å². The van der Waals surface area contributed by atoms with Gasteiger partial charge in [0.15, 0.2) is 11.5 Å². The van der Waals surface area contributed by atoms with Gasteiger partial charge in [0, 0.05) is 35.2 Å². The number of aliphatic hydroxyl groups excluding tert-OH is 1. The summed E-state index contributed by atoms with van der Waals surface area (Å²) in [5.74, 6) is -0.139. The largest absolute Gasteiger partial charge is 0.493 e. The van der Waals surface area contributed by atoms with E-state index in [0.29, 0.717) is 35.5 Å². The van der Waals surface area contributed by atoms with Crippen LogP contribution in [0.5, 0.6) is 17.2 Å². The highest BCUT2D eigenvalue weighted by Gasteiger charge is 2.30. The Morgan fingerprint density at radius 1 is 0.844 bits per heavy atom. The van der Waals surface area contributed by atoms with Gasteiger partial charge in [-0.2, -0.15) is 5.10 Å². The molecule has 5 N–H and O–H groups in total. The van der Waals surface area contributed by atoms with E-state index in [9.17, 15) is 14.4 Å². The highest BCUT2D eigenvalue weighted by Crippen LogP contribution is 2.39. The lowest BCUT2D eigenvalue weighted by Gasteiger charge is -2.21. The highest BCUT2D eigenvalue weighted by atomic mass is 16.5. The second kappa shape index (κ2) is 14.7. The molecule has 3 aromatic carbocycles. The molecule has 2 amide bonds. The second-order valence-corrected chi connectivity index (χ2v) is 10.3. The van der Waals surface area contributed by atoms with Crippen LogP contribution in [0.2, 0.25) is 0 Å². The molecule has 1 saturated heterocycles. The fraction of sp³-hybridized carbons (Fsp3) is 0.312. The molecule has 236 valence electrons. The maximum absolute atomic E-state index is 13.7. The lowest BCUT2D eigenvalue weighted by atomic mass is 9.99. The first-order chi connectivity index (χ1) is 21.9. The third-order valence-corrected chi connectivity index (χ3v) is 7.42. The van der Waals surface area contributed by atoms with Crippen molar-refractivity contribution in [1.82, 2.24) is 26.1 Å². The maximum atomic E-state index is 13.7. The smallest absolute Gasteiger partial charge is 0.251 e. The van der Waals surface area contributed by atoms with Gasteiger partial charge >= 0.3 is 0 Å². The summed E-state index contributed by atoms with van der Waals surface area (Å²) in [6.45, 7) is 1.41. The average Bonchev–Trinajstić information content (AvgIpc) is 3.72. The van der Waals surface area contributed by atoms with Gasteiger partial charge < -0.3 is 40.0 Å². The number of nitrogens with zero attached hydrogens (tertiary/aromatic N) is 1. The van der Waals surface area contributed by atoms with Gasteiger partial charge in [-0.15, -0.1) is 0 Å². The molecule has 0 spiro atoms. The lowest BCUT2D eigenvalue weighted by Crippen LogP contribution is -2.51. The number of hydrogen-bond acceptors (Lipinski definition) is 10. The highest BCUT2D eigenvalue weighted by molar-refractivity contribution is 6.13. The summed E-state index contributed by atoms with van der Waals surface area (Å²) in [6.07, 6.45) is 1.69. The van der Waals surface area contributed by atoms with E-state index in [1.165, 1.54) is 14.2 Å². The van der Waals surface area contributed by atoms with Crippen LogP contribution in [0.15, 0.2) is 60.8 Å². The average molecular weight is 618 g/mol. The van der Waals surface area contributed by atoms with E-state index in [2.05, 4.69) is 26.1 Å². The van der Waals surface area contributed by atoms with E-state index in [1.54, 1.807) is 54.7 Å². The van der Waals surface area contributed by atoms with Crippen LogP contribution in [0, 0.1) is 0 Å². The Bertz CT molecular complexity index is 1660.